The Morgan fingerprint density at radius 1 is 1.00 bits per heavy atom. The molecule has 2 unspecified atom stereocenters. The summed E-state index contributed by atoms with van der Waals surface area (Å²) < 4.78 is 30.7. The third-order valence-electron chi connectivity index (χ3n) is 5.99. The minimum atomic E-state index is -3.31. The van der Waals surface area contributed by atoms with Gasteiger partial charge in [0.15, 0.2) is 0 Å². The normalized spacial score (nSPS) is 25.5. The van der Waals surface area contributed by atoms with Crippen molar-refractivity contribution in [1.82, 2.24) is 10.2 Å². The van der Waals surface area contributed by atoms with Gasteiger partial charge in [-0.3, -0.25) is 14.4 Å². The van der Waals surface area contributed by atoms with Crippen molar-refractivity contribution < 1.29 is 17.9 Å². The van der Waals surface area contributed by atoms with E-state index in [4.69, 9.17) is 4.74 Å². The predicted octanol–water partition coefficient (Wildman–Crippen LogP) is 3.06. The molecule has 7 nitrogen and oxygen atoms in total. The average Bonchev–Trinajstić information content (AvgIpc) is 2.72. The first-order chi connectivity index (χ1) is 14.3. The molecule has 160 valence electrons. The summed E-state index contributed by atoms with van der Waals surface area (Å²) in [6.45, 7) is 4.47. The van der Waals surface area contributed by atoms with E-state index in [1.165, 1.54) is 0 Å². The maximum absolute atomic E-state index is 12.7. The molecule has 2 aromatic rings. The lowest BCUT2D eigenvalue weighted by Crippen LogP contribution is -2.62. The third-order valence-corrected chi connectivity index (χ3v) is 6.59. The van der Waals surface area contributed by atoms with Gasteiger partial charge >= 0.3 is 0 Å². The molecule has 0 spiro atoms. The number of nitrogens with zero attached hydrogens (tertiary/aromatic N) is 1. The zero-order chi connectivity index (χ0) is 21.3. The van der Waals surface area contributed by atoms with E-state index >= 15 is 0 Å². The molecule has 0 saturated carbocycles. The van der Waals surface area contributed by atoms with Crippen LogP contribution in [0.25, 0.3) is 0 Å². The number of hydrogen-bond acceptors (Lipinski definition) is 5. The van der Waals surface area contributed by atoms with Crippen molar-refractivity contribution in [3.8, 4) is 11.5 Å². The second-order valence-corrected chi connectivity index (χ2v) is 9.89. The first-order valence-electron chi connectivity index (χ1n) is 10.2. The van der Waals surface area contributed by atoms with Gasteiger partial charge in [-0.15, -0.1) is 0 Å². The summed E-state index contributed by atoms with van der Waals surface area (Å²) in [6.07, 6.45) is 3.41. The Labute approximate surface area is 177 Å². The molecule has 30 heavy (non-hydrogen) atoms. The molecule has 1 amide bonds. The highest BCUT2D eigenvalue weighted by Gasteiger charge is 2.40. The fraction of sp³-hybridized carbons (Fsp3) is 0.409. The smallest absolute Gasteiger partial charge is 0.251 e. The Morgan fingerprint density at radius 2 is 1.57 bits per heavy atom. The highest BCUT2D eigenvalue weighted by Crippen LogP contribution is 2.32. The lowest BCUT2D eigenvalue weighted by molar-refractivity contribution is 0.0217. The van der Waals surface area contributed by atoms with Gasteiger partial charge in [-0.05, 0) is 87.3 Å². The van der Waals surface area contributed by atoms with Crippen molar-refractivity contribution in [2.75, 3.05) is 24.1 Å². The van der Waals surface area contributed by atoms with Gasteiger partial charge in [-0.2, -0.15) is 0 Å². The van der Waals surface area contributed by atoms with Crippen molar-refractivity contribution in [3.05, 3.63) is 54.1 Å². The van der Waals surface area contributed by atoms with Gasteiger partial charge in [-0.25, -0.2) is 8.42 Å². The van der Waals surface area contributed by atoms with E-state index in [1.54, 1.807) is 48.5 Å². The summed E-state index contributed by atoms with van der Waals surface area (Å²) in [5, 5.41) is 3.23. The number of ether oxygens (including phenoxy) is 1. The monoisotopic (exact) mass is 429 g/mol. The summed E-state index contributed by atoms with van der Waals surface area (Å²) in [6, 6.07) is 14.3. The van der Waals surface area contributed by atoms with E-state index in [1.807, 2.05) is 0 Å². The van der Waals surface area contributed by atoms with Crippen molar-refractivity contribution in [1.29, 1.82) is 0 Å². The van der Waals surface area contributed by atoms with E-state index in [2.05, 4.69) is 21.9 Å². The van der Waals surface area contributed by atoms with Crippen LogP contribution in [0.4, 0.5) is 5.69 Å². The number of nitrogens with one attached hydrogen (secondary N) is 2. The van der Waals surface area contributed by atoms with Crippen LogP contribution in [0.2, 0.25) is 0 Å². The van der Waals surface area contributed by atoms with Gasteiger partial charge in [0.05, 0.1) is 6.26 Å². The minimum Gasteiger partial charge on any atom is -0.457 e. The number of piperidine rings is 3. The van der Waals surface area contributed by atoms with Crippen LogP contribution in [0.15, 0.2) is 48.5 Å². The summed E-state index contributed by atoms with van der Waals surface area (Å²) in [5.74, 6) is 1.69. The van der Waals surface area contributed by atoms with Crippen LogP contribution in [0, 0.1) is 5.92 Å². The molecule has 2 bridgehead atoms. The van der Waals surface area contributed by atoms with Crippen LogP contribution in [0.3, 0.4) is 0 Å². The molecule has 3 fully saturated rings. The van der Waals surface area contributed by atoms with Crippen molar-refractivity contribution in [2.45, 2.75) is 31.8 Å². The van der Waals surface area contributed by atoms with Gasteiger partial charge in [0.25, 0.3) is 5.91 Å². The Kier molecular flexibility index (Phi) is 5.71. The standard InChI is InChI=1S/C22H27N3O4S/c1-15-21(16-11-13-25(15)14-12-16)23-22(26)17-3-7-19(8-4-17)29-20-9-5-18(6-10-20)24-30(2,27)28/h3-10,15-16,21,24H,11-14H2,1-2H3,(H,23,26). The highest BCUT2D eigenvalue weighted by atomic mass is 32.2. The molecule has 8 heteroatoms. The van der Waals surface area contributed by atoms with Crippen LogP contribution in [-0.4, -0.2) is 50.7 Å². The molecule has 3 saturated heterocycles. The number of rotatable bonds is 6. The van der Waals surface area contributed by atoms with E-state index in [0.29, 0.717) is 34.7 Å². The second kappa shape index (κ2) is 8.28. The molecule has 2 aromatic carbocycles. The molecule has 3 aliphatic rings. The van der Waals surface area contributed by atoms with Crippen LogP contribution in [-0.2, 0) is 10.0 Å². The summed E-state index contributed by atoms with van der Waals surface area (Å²) in [4.78, 5) is 15.2. The number of sulfonamides is 1. The number of amides is 1. The molecule has 2 N–H and O–H groups in total. The fourth-order valence-corrected chi connectivity index (χ4v) is 4.96. The maximum Gasteiger partial charge on any atom is 0.251 e. The first kappa shape index (κ1) is 20.7. The molecule has 0 aromatic heterocycles. The highest BCUT2D eigenvalue weighted by molar-refractivity contribution is 7.92. The molecule has 0 aliphatic carbocycles. The first-order valence-corrected chi connectivity index (χ1v) is 12.1. The van der Waals surface area contributed by atoms with Crippen LogP contribution < -0.4 is 14.8 Å². The van der Waals surface area contributed by atoms with Crippen LogP contribution in [0.5, 0.6) is 11.5 Å². The van der Waals surface area contributed by atoms with E-state index in [0.717, 1.165) is 32.2 Å². The van der Waals surface area contributed by atoms with Gasteiger partial charge in [-0.1, -0.05) is 0 Å². The van der Waals surface area contributed by atoms with Gasteiger partial charge in [0, 0.05) is 23.3 Å². The fourth-order valence-electron chi connectivity index (χ4n) is 4.40. The minimum absolute atomic E-state index is 0.0525. The van der Waals surface area contributed by atoms with E-state index < -0.39 is 10.0 Å². The molecular weight excluding hydrogens is 402 g/mol. The van der Waals surface area contributed by atoms with Crippen molar-refractivity contribution in [3.63, 3.8) is 0 Å². The van der Waals surface area contributed by atoms with E-state index in [9.17, 15) is 13.2 Å². The summed E-state index contributed by atoms with van der Waals surface area (Å²) in [7, 11) is -3.31. The number of hydrogen-bond donors (Lipinski definition) is 2. The Morgan fingerprint density at radius 3 is 2.10 bits per heavy atom. The van der Waals surface area contributed by atoms with Crippen LogP contribution in [0.1, 0.15) is 30.1 Å². The zero-order valence-electron chi connectivity index (χ0n) is 17.2. The average molecular weight is 430 g/mol. The molecule has 2 atom stereocenters. The zero-order valence-corrected chi connectivity index (χ0v) is 18.0. The summed E-state index contributed by atoms with van der Waals surface area (Å²) in [5.41, 5.74) is 1.08. The molecule has 0 radical (unpaired) electrons. The molecule has 3 heterocycles. The van der Waals surface area contributed by atoms with Gasteiger partial charge in [0.1, 0.15) is 11.5 Å². The largest absolute Gasteiger partial charge is 0.457 e. The lowest BCUT2D eigenvalue weighted by Gasteiger charge is -2.49. The number of anilines is 1. The molecule has 3 aliphatic heterocycles. The Balaban J connectivity index is 1.36. The molecular formula is C22H27N3O4S. The quantitative estimate of drug-likeness (QED) is 0.737. The number of carbonyl (C=O) groups excluding carboxylic acids is 1. The second-order valence-electron chi connectivity index (χ2n) is 8.14. The topological polar surface area (TPSA) is 87.7 Å². The lowest BCUT2D eigenvalue weighted by atomic mass is 9.79. The van der Waals surface area contributed by atoms with E-state index in [-0.39, 0.29) is 11.9 Å². The van der Waals surface area contributed by atoms with Gasteiger partial charge in [0.2, 0.25) is 10.0 Å². The van der Waals surface area contributed by atoms with Crippen LogP contribution >= 0.6 is 0 Å². The predicted molar refractivity (Wildman–Crippen MR) is 116 cm³/mol. The van der Waals surface area contributed by atoms with Crippen molar-refractivity contribution >= 4 is 21.6 Å². The maximum atomic E-state index is 12.7. The third kappa shape index (κ3) is 4.76. The molecule has 5 rings (SSSR count). The number of fused-ring (bicyclic) bond motifs is 3. The van der Waals surface area contributed by atoms with Crippen molar-refractivity contribution in [2.24, 2.45) is 5.92 Å². The number of carbonyl (C=O) groups is 1. The SMILES string of the molecule is CC1C(NC(=O)c2ccc(Oc3ccc(NS(C)(=O)=O)cc3)cc2)C2CCN1CC2. The summed E-state index contributed by atoms with van der Waals surface area (Å²) >= 11 is 0. The Bertz CT molecular complexity index is 996. The Hall–Kier alpha value is -2.58. The number of benzene rings is 2. The van der Waals surface area contributed by atoms with Gasteiger partial charge < -0.3 is 10.1 Å².